The third-order valence-electron chi connectivity index (χ3n) is 1.25. The fourth-order valence-electron chi connectivity index (χ4n) is 0.587. The first-order chi connectivity index (χ1) is 5.72. The lowest BCUT2D eigenvalue weighted by molar-refractivity contribution is 1.47. The van der Waals surface area contributed by atoms with Crippen LogP contribution in [-0.4, -0.2) is 6.21 Å². The molecule has 0 unspecified atom stereocenters. The highest BCUT2D eigenvalue weighted by molar-refractivity contribution is 5.71. The maximum atomic E-state index is 7.38. The molecule has 0 fully saturated rings. The highest BCUT2D eigenvalue weighted by atomic mass is 14.5. The zero-order valence-electron chi connectivity index (χ0n) is 6.91. The van der Waals surface area contributed by atoms with Crippen LogP contribution in [0.3, 0.4) is 0 Å². The van der Waals surface area contributed by atoms with Gasteiger partial charge in [-0.2, -0.15) is 5.26 Å². The summed E-state index contributed by atoms with van der Waals surface area (Å²) in [6.45, 7) is 2.00. The minimum absolute atomic E-state index is 0.681. The number of nitriles is 1. The van der Waals surface area contributed by atoms with Gasteiger partial charge in [0.15, 0.2) is 0 Å². The molecule has 3 heteroatoms. The molecule has 1 rings (SSSR count). The minimum Gasteiger partial charge on any atom is -0.399 e. The van der Waals surface area contributed by atoms with E-state index in [1.54, 1.807) is 0 Å². The maximum Gasteiger partial charge on any atom is 0.111 e. The van der Waals surface area contributed by atoms with E-state index in [2.05, 4.69) is 0 Å². The number of nitrogens with two attached hydrogens (primary N) is 1. The van der Waals surface area contributed by atoms with Gasteiger partial charge in [-0.1, -0.05) is 18.2 Å². The number of nitrogen functional groups attached to an aromatic ring is 1. The van der Waals surface area contributed by atoms with Gasteiger partial charge >= 0.3 is 0 Å². The van der Waals surface area contributed by atoms with Crippen molar-refractivity contribution in [1.82, 2.24) is 0 Å². The normalized spacial score (nSPS) is 7.33. The summed E-state index contributed by atoms with van der Waals surface area (Å²) in [5, 5.41) is 13.3. The quantitative estimate of drug-likeness (QED) is 0.449. The second-order valence-corrected chi connectivity index (χ2v) is 2.13. The Morgan fingerprint density at radius 2 is 2.00 bits per heavy atom. The first-order valence-electron chi connectivity index (χ1n) is 3.42. The molecule has 12 heavy (non-hydrogen) atoms. The Hall–Kier alpha value is -1.82. The fraction of sp³-hybridized carbons (Fsp3) is 0.111. The van der Waals surface area contributed by atoms with Gasteiger partial charge in [0.2, 0.25) is 0 Å². The average Bonchev–Trinajstić information content (AvgIpc) is 2.11. The number of hydrogen-bond donors (Lipinski definition) is 2. The van der Waals surface area contributed by atoms with E-state index >= 15 is 0 Å². The highest BCUT2D eigenvalue weighted by Crippen LogP contribution is 2.06. The summed E-state index contributed by atoms with van der Waals surface area (Å²) in [4.78, 5) is 0. The molecule has 0 amide bonds. The summed E-state index contributed by atoms with van der Waals surface area (Å²) in [6.07, 6.45) is 0.681. The van der Waals surface area contributed by atoms with E-state index in [9.17, 15) is 0 Å². The van der Waals surface area contributed by atoms with Gasteiger partial charge in [-0.15, -0.1) is 0 Å². The van der Waals surface area contributed by atoms with Crippen molar-refractivity contribution in [1.29, 1.82) is 10.7 Å². The third-order valence-corrected chi connectivity index (χ3v) is 1.25. The van der Waals surface area contributed by atoms with Crippen LogP contribution in [0.5, 0.6) is 0 Å². The second-order valence-electron chi connectivity index (χ2n) is 2.13. The van der Waals surface area contributed by atoms with E-state index in [4.69, 9.17) is 16.4 Å². The Morgan fingerprint density at radius 1 is 1.50 bits per heavy atom. The van der Waals surface area contributed by atoms with Crippen LogP contribution in [0.1, 0.15) is 5.56 Å². The number of rotatable bonds is 0. The van der Waals surface area contributed by atoms with Gasteiger partial charge in [-0.25, -0.2) is 0 Å². The molecule has 0 aliphatic carbocycles. The monoisotopic (exact) mass is 161 g/mol. The third kappa shape index (κ3) is 4.07. The summed E-state index contributed by atoms with van der Waals surface area (Å²) < 4.78 is 0. The molecule has 1 aromatic rings. The number of nitrogens with zero attached hydrogens (tertiary/aromatic N) is 1. The first kappa shape index (κ1) is 10.2. The first-order valence-corrected chi connectivity index (χ1v) is 3.42. The van der Waals surface area contributed by atoms with E-state index in [1.165, 1.54) is 6.07 Å². The topological polar surface area (TPSA) is 73.7 Å². The van der Waals surface area contributed by atoms with Crippen molar-refractivity contribution in [3.8, 4) is 6.07 Å². The number of nitrogens with one attached hydrogen (secondary N) is 1. The number of benzene rings is 1. The fourth-order valence-corrected chi connectivity index (χ4v) is 0.587. The largest absolute Gasteiger partial charge is 0.399 e. The molecule has 3 N–H and O–H groups in total. The Balaban J connectivity index is 0.000000261. The van der Waals surface area contributed by atoms with E-state index in [-0.39, 0.29) is 0 Å². The maximum absolute atomic E-state index is 7.38. The van der Waals surface area contributed by atoms with Crippen LogP contribution in [0.4, 0.5) is 5.69 Å². The van der Waals surface area contributed by atoms with Crippen LogP contribution in [0.25, 0.3) is 0 Å². The highest BCUT2D eigenvalue weighted by Gasteiger charge is 1.84. The average molecular weight is 161 g/mol. The molecule has 0 saturated heterocycles. The van der Waals surface area contributed by atoms with Crippen molar-refractivity contribution in [2.75, 3.05) is 5.73 Å². The van der Waals surface area contributed by atoms with Crippen LogP contribution in [-0.2, 0) is 0 Å². The number of hydrogen-bond acceptors (Lipinski definition) is 3. The van der Waals surface area contributed by atoms with Gasteiger partial charge in [-0.3, -0.25) is 5.41 Å². The van der Waals surface area contributed by atoms with Crippen molar-refractivity contribution < 1.29 is 0 Å². The Bertz CT molecular complexity index is 265. The van der Waals surface area contributed by atoms with E-state index < -0.39 is 0 Å². The molecule has 0 bridgehead atoms. The molecule has 0 radical (unpaired) electrons. The van der Waals surface area contributed by atoms with Crippen LogP contribution in [0, 0.1) is 23.7 Å². The van der Waals surface area contributed by atoms with Crippen molar-refractivity contribution in [2.45, 2.75) is 6.92 Å². The van der Waals surface area contributed by atoms with Crippen LogP contribution in [0.2, 0.25) is 0 Å². The number of aryl methyl sites for hydroxylation is 1. The number of anilines is 1. The molecule has 0 atom stereocenters. The minimum atomic E-state index is 0.681. The zero-order valence-corrected chi connectivity index (χ0v) is 6.91. The summed E-state index contributed by atoms with van der Waals surface area (Å²) in [5.74, 6) is 0. The molecule has 0 aliphatic heterocycles. The predicted molar refractivity (Wildman–Crippen MR) is 50.0 cm³/mol. The molecule has 1 aromatic carbocycles. The van der Waals surface area contributed by atoms with Crippen LogP contribution >= 0.6 is 0 Å². The second kappa shape index (κ2) is 5.93. The Kier molecular flexibility index (Phi) is 5.03. The Morgan fingerprint density at radius 3 is 2.25 bits per heavy atom. The lowest BCUT2D eigenvalue weighted by Gasteiger charge is -1.93. The molecule has 0 saturated carbocycles. The molecule has 0 spiro atoms. The summed E-state index contributed by atoms with van der Waals surface area (Å²) in [5.41, 5.74) is 7.53. The molecular formula is C9H11N3. The molecule has 3 nitrogen and oxygen atoms in total. The van der Waals surface area contributed by atoms with Gasteiger partial charge in [0.1, 0.15) is 6.07 Å². The lowest BCUT2D eigenvalue weighted by Crippen LogP contribution is -1.85. The van der Waals surface area contributed by atoms with E-state index in [0.717, 1.165) is 11.3 Å². The van der Waals surface area contributed by atoms with Crippen LogP contribution in [0.15, 0.2) is 24.3 Å². The molecule has 0 heterocycles. The molecule has 62 valence electrons. The predicted octanol–water partition coefficient (Wildman–Crippen LogP) is 1.74. The van der Waals surface area contributed by atoms with Crippen molar-refractivity contribution >= 4 is 11.9 Å². The van der Waals surface area contributed by atoms with Gasteiger partial charge in [0.25, 0.3) is 0 Å². The zero-order chi connectivity index (χ0) is 9.40. The van der Waals surface area contributed by atoms with Gasteiger partial charge < -0.3 is 5.73 Å². The molecular weight excluding hydrogens is 150 g/mol. The van der Waals surface area contributed by atoms with Crippen LogP contribution < -0.4 is 5.73 Å². The van der Waals surface area contributed by atoms with E-state index in [1.807, 2.05) is 31.2 Å². The van der Waals surface area contributed by atoms with E-state index in [0.29, 0.717) is 6.21 Å². The standard InChI is InChI=1S/C7H9N.C2H2N2/c1-6-4-2-3-5-7(6)8;3-1-2-4/h2-5H,8H2,1H3;1,3H. The Labute approximate surface area is 71.9 Å². The lowest BCUT2D eigenvalue weighted by atomic mass is 10.2. The summed E-state index contributed by atoms with van der Waals surface area (Å²) >= 11 is 0. The summed E-state index contributed by atoms with van der Waals surface area (Å²) in [6, 6.07) is 9.28. The number of para-hydroxylation sites is 1. The van der Waals surface area contributed by atoms with Crippen molar-refractivity contribution in [3.63, 3.8) is 0 Å². The molecule has 0 aliphatic rings. The SMILES string of the molecule is Cc1ccccc1N.N#CC=N. The smallest absolute Gasteiger partial charge is 0.111 e. The van der Waals surface area contributed by atoms with Gasteiger partial charge in [0.05, 0.1) is 6.21 Å². The molecule has 0 aromatic heterocycles. The van der Waals surface area contributed by atoms with Crippen molar-refractivity contribution in [3.05, 3.63) is 29.8 Å². The van der Waals surface area contributed by atoms with Crippen molar-refractivity contribution in [2.24, 2.45) is 0 Å². The summed E-state index contributed by atoms with van der Waals surface area (Å²) in [7, 11) is 0. The van der Waals surface area contributed by atoms with Gasteiger partial charge in [-0.05, 0) is 18.6 Å². The van der Waals surface area contributed by atoms with Gasteiger partial charge in [0, 0.05) is 5.69 Å².